The first kappa shape index (κ1) is 16.5. The number of anilines is 1. The number of carboxylic acids is 1. The third-order valence-corrected chi connectivity index (χ3v) is 3.10. The Morgan fingerprint density at radius 3 is 2.75 bits per heavy atom. The Labute approximate surface area is 125 Å². The molecule has 0 heterocycles. The van der Waals surface area contributed by atoms with Gasteiger partial charge in [0.05, 0.1) is 24.4 Å². The zero-order chi connectivity index (χ0) is 15.1. The average molecular weight is 345 g/mol. The highest BCUT2D eigenvalue weighted by Gasteiger charge is 2.15. The van der Waals surface area contributed by atoms with Crippen molar-refractivity contribution in [2.24, 2.45) is 0 Å². The van der Waals surface area contributed by atoms with Crippen molar-refractivity contribution in [2.75, 3.05) is 38.8 Å². The number of hydrogen-bond acceptors (Lipinski definition) is 4. The van der Waals surface area contributed by atoms with Gasteiger partial charge < -0.3 is 20.1 Å². The van der Waals surface area contributed by atoms with Crippen LogP contribution in [0.4, 0.5) is 5.69 Å². The molecular weight excluding hydrogens is 328 g/mol. The van der Waals surface area contributed by atoms with Crippen LogP contribution in [0.2, 0.25) is 0 Å². The number of rotatable bonds is 7. The lowest BCUT2D eigenvalue weighted by atomic mass is 10.1. The molecule has 2 N–H and O–H groups in total. The van der Waals surface area contributed by atoms with Crippen molar-refractivity contribution < 1.29 is 19.4 Å². The van der Waals surface area contributed by atoms with Crippen LogP contribution in [0.5, 0.6) is 0 Å². The number of ether oxygens (including phenoxy) is 1. The zero-order valence-electron chi connectivity index (χ0n) is 11.4. The largest absolute Gasteiger partial charge is 0.478 e. The standard InChI is InChI=1S/C13H17BrN2O4/c1-16(8-12(17)15-5-6-20-2)11-4-3-9(14)7-10(11)13(18)19/h3-4,7H,5-6,8H2,1-2H3,(H,15,17)(H,18,19). The Kier molecular flexibility index (Phi) is 6.47. The molecule has 0 spiro atoms. The number of amides is 1. The van der Waals surface area contributed by atoms with Gasteiger partial charge in [0.2, 0.25) is 5.91 Å². The predicted octanol–water partition coefficient (Wildman–Crippen LogP) is 1.35. The van der Waals surface area contributed by atoms with Crippen LogP contribution in [-0.2, 0) is 9.53 Å². The van der Waals surface area contributed by atoms with Crippen molar-refractivity contribution in [1.29, 1.82) is 0 Å². The molecule has 1 rings (SSSR count). The van der Waals surface area contributed by atoms with Gasteiger partial charge >= 0.3 is 5.97 Å². The van der Waals surface area contributed by atoms with Gasteiger partial charge in [0.15, 0.2) is 0 Å². The van der Waals surface area contributed by atoms with Crippen LogP contribution in [-0.4, -0.2) is 50.8 Å². The minimum Gasteiger partial charge on any atom is -0.478 e. The maximum Gasteiger partial charge on any atom is 0.337 e. The van der Waals surface area contributed by atoms with Gasteiger partial charge in [-0.05, 0) is 18.2 Å². The van der Waals surface area contributed by atoms with E-state index in [0.717, 1.165) is 0 Å². The fourth-order valence-electron chi connectivity index (χ4n) is 1.66. The fraction of sp³-hybridized carbons (Fsp3) is 0.385. The number of aromatic carboxylic acids is 1. The third kappa shape index (κ3) is 4.82. The molecular formula is C13H17BrN2O4. The SMILES string of the molecule is COCCNC(=O)CN(C)c1ccc(Br)cc1C(=O)O. The molecule has 6 nitrogen and oxygen atoms in total. The topological polar surface area (TPSA) is 78.9 Å². The molecule has 1 aromatic rings. The Balaban J connectivity index is 2.74. The number of carbonyl (C=O) groups is 2. The lowest BCUT2D eigenvalue weighted by molar-refractivity contribution is -0.119. The van der Waals surface area contributed by atoms with Crippen LogP contribution in [0.15, 0.2) is 22.7 Å². The lowest BCUT2D eigenvalue weighted by Crippen LogP contribution is -2.37. The highest BCUT2D eigenvalue weighted by molar-refractivity contribution is 9.10. The molecule has 0 radical (unpaired) electrons. The van der Waals surface area contributed by atoms with Crippen LogP contribution >= 0.6 is 15.9 Å². The molecule has 0 bridgehead atoms. The lowest BCUT2D eigenvalue weighted by Gasteiger charge is -2.20. The first-order valence-electron chi connectivity index (χ1n) is 5.95. The van der Waals surface area contributed by atoms with Crippen LogP contribution in [0, 0.1) is 0 Å². The molecule has 0 aliphatic carbocycles. The number of halogens is 1. The second-order valence-electron chi connectivity index (χ2n) is 4.17. The summed E-state index contributed by atoms with van der Waals surface area (Å²) in [6.07, 6.45) is 0. The molecule has 0 saturated carbocycles. The van der Waals surface area contributed by atoms with E-state index < -0.39 is 5.97 Å². The molecule has 0 saturated heterocycles. The fourth-order valence-corrected chi connectivity index (χ4v) is 2.02. The van der Waals surface area contributed by atoms with Crippen LogP contribution in [0.1, 0.15) is 10.4 Å². The van der Waals surface area contributed by atoms with Gasteiger partial charge in [0.25, 0.3) is 0 Å². The predicted molar refractivity (Wildman–Crippen MR) is 79.3 cm³/mol. The van der Waals surface area contributed by atoms with Crippen LogP contribution in [0.25, 0.3) is 0 Å². The molecule has 0 aliphatic heterocycles. The summed E-state index contributed by atoms with van der Waals surface area (Å²) in [5, 5.41) is 11.9. The second kappa shape index (κ2) is 7.86. The molecule has 1 aromatic carbocycles. The Morgan fingerprint density at radius 1 is 1.45 bits per heavy atom. The van der Waals surface area contributed by atoms with Gasteiger partial charge in [0, 0.05) is 25.2 Å². The monoisotopic (exact) mass is 344 g/mol. The highest BCUT2D eigenvalue weighted by atomic mass is 79.9. The third-order valence-electron chi connectivity index (χ3n) is 2.61. The van der Waals surface area contributed by atoms with E-state index in [1.807, 2.05) is 0 Å². The van der Waals surface area contributed by atoms with Crippen molar-refractivity contribution in [3.05, 3.63) is 28.2 Å². The van der Waals surface area contributed by atoms with Crippen molar-refractivity contribution in [1.82, 2.24) is 5.32 Å². The van der Waals surface area contributed by atoms with Crippen molar-refractivity contribution in [2.45, 2.75) is 0 Å². The Morgan fingerprint density at radius 2 is 2.15 bits per heavy atom. The quantitative estimate of drug-likeness (QED) is 0.730. The normalized spacial score (nSPS) is 10.2. The smallest absolute Gasteiger partial charge is 0.337 e. The summed E-state index contributed by atoms with van der Waals surface area (Å²) in [5.41, 5.74) is 0.633. The first-order chi connectivity index (χ1) is 9.45. The van der Waals surface area contributed by atoms with E-state index in [-0.39, 0.29) is 18.0 Å². The molecule has 20 heavy (non-hydrogen) atoms. The number of benzene rings is 1. The number of likely N-dealkylation sites (N-methyl/N-ethyl adjacent to an activating group) is 1. The van der Waals surface area contributed by atoms with E-state index in [2.05, 4.69) is 21.2 Å². The minimum atomic E-state index is -1.03. The summed E-state index contributed by atoms with van der Waals surface area (Å²) >= 11 is 3.23. The number of carboxylic acid groups (broad SMARTS) is 1. The van der Waals surface area contributed by atoms with Gasteiger partial charge in [-0.3, -0.25) is 4.79 Å². The van der Waals surface area contributed by atoms with Gasteiger partial charge in [-0.15, -0.1) is 0 Å². The van der Waals surface area contributed by atoms with E-state index in [1.165, 1.54) is 6.07 Å². The van der Waals surface area contributed by atoms with E-state index >= 15 is 0 Å². The summed E-state index contributed by atoms with van der Waals surface area (Å²) in [7, 11) is 3.23. The van der Waals surface area contributed by atoms with Crippen molar-refractivity contribution in [3.8, 4) is 0 Å². The average Bonchev–Trinajstić information content (AvgIpc) is 2.38. The zero-order valence-corrected chi connectivity index (χ0v) is 12.9. The Bertz CT molecular complexity index is 493. The van der Waals surface area contributed by atoms with E-state index in [9.17, 15) is 14.7 Å². The van der Waals surface area contributed by atoms with Gasteiger partial charge in [0.1, 0.15) is 0 Å². The maximum absolute atomic E-state index is 11.7. The van der Waals surface area contributed by atoms with Crippen molar-refractivity contribution >= 4 is 33.5 Å². The maximum atomic E-state index is 11.7. The summed E-state index contributed by atoms with van der Waals surface area (Å²) in [6, 6.07) is 4.91. The van der Waals surface area contributed by atoms with Gasteiger partial charge in [-0.1, -0.05) is 15.9 Å². The molecule has 110 valence electrons. The molecule has 7 heteroatoms. The van der Waals surface area contributed by atoms with Crippen LogP contribution < -0.4 is 10.2 Å². The van der Waals surface area contributed by atoms with E-state index in [0.29, 0.717) is 23.3 Å². The molecule has 0 fully saturated rings. The van der Waals surface area contributed by atoms with Gasteiger partial charge in [-0.2, -0.15) is 0 Å². The second-order valence-corrected chi connectivity index (χ2v) is 5.08. The number of nitrogens with zero attached hydrogens (tertiary/aromatic N) is 1. The summed E-state index contributed by atoms with van der Waals surface area (Å²) in [4.78, 5) is 24.5. The summed E-state index contributed by atoms with van der Waals surface area (Å²) in [6.45, 7) is 0.940. The first-order valence-corrected chi connectivity index (χ1v) is 6.74. The molecule has 0 aliphatic rings. The number of hydrogen-bond donors (Lipinski definition) is 2. The molecule has 0 atom stereocenters. The van der Waals surface area contributed by atoms with Crippen molar-refractivity contribution in [3.63, 3.8) is 0 Å². The van der Waals surface area contributed by atoms with Gasteiger partial charge in [-0.25, -0.2) is 4.79 Å². The molecule has 1 amide bonds. The Hall–Kier alpha value is -1.60. The van der Waals surface area contributed by atoms with Crippen LogP contribution in [0.3, 0.4) is 0 Å². The number of methoxy groups -OCH3 is 1. The number of nitrogens with one attached hydrogen (secondary N) is 1. The highest BCUT2D eigenvalue weighted by Crippen LogP contribution is 2.23. The summed E-state index contributed by atoms with van der Waals surface area (Å²) in [5.74, 6) is -1.23. The number of carbonyl (C=O) groups excluding carboxylic acids is 1. The molecule has 0 unspecified atom stereocenters. The van der Waals surface area contributed by atoms with E-state index in [4.69, 9.17) is 4.74 Å². The molecule has 0 aromatic heterocycles. The van der Waals surface area contributed by atoms with E-state index in [1.54, 1.807) is 31.2 Å². The minimum absolute atomic E-state index is 0.0750. The summed E-state index contributed by atoms with van der Waals surface area (Å²) < 4.78 is 5.51.